The van der Waals surface area contributed by atoms with E-state index in [0.717, 1.165) is 11.1 Å². The Morgan fingerprint density at radius 2 is 1.84 bits per heavy atom. The minimum Gasteiger partial charge on any atom is -0.302 e. The number of nitro groups is 1. The number of hydrogen-bond donors (Lipinski definition) is 2. The molecule has 0 aliphatic heterocycles. The average Bonchev–Trinajstić information content (AvgIpc) is 2.67. The van der Waals surface area contributed by atoms with Gasteiger partial charge in [-0.25, -0.2) is 0 Å². The van der Waals surface area contributed by atoms with Crippen LogP contribution in [0.1, 0.15) is 28.3 Å². The number of aryl methyl sites for hydroxylation is 2. The monoisotopic (exact) mass is 261 g/mol. The second-order valence-electron chi connectivity index (χ2n) is 4.60. The quantitative estimate of drug-likeness (QED) is 0.648. The first kappa shape index (κ1) is 13.1. The summed E-state index contributed by atoms with van der Waals surface area (Å²) in [6.07, 6.45) is 0. The largest absolute Gasteiger partial charge is 0.302 e. The zero-order valence-electron chi connectivity index (χ0n) is 10.8. The van der Waals surface area contributed by atoms with Crippen LogP contribution in [0.3, 0.4) is 0 Å². The van der Waals surface area contributed by atoms with Crippen LogP contribution in [-0.4, -0.2) is 21.7 Å². The van der Waals surface area contributed by atoms with Crippen molar-refractivity contribution in [2.75, 3.05) is 6.54 Å². The molecule has 0 spiro atoms. The second kappa shape index (κ2) is 5.09. The van der Waals surface area contributed by atoms with E-state index in [-0.39, 0.29) is 12.1 Å². The number of nitrogens with one attached hydrogen (secondary N) is 2. The summed E-state index contributed by atoms with van der Waals surface area (Å²) >= 11 is 0. The molecule has 1 heterocycles. The van der Waals surface area contributed by atoms with Gasteiger partial charge in [-0.05, 0) is 19.4 Å². The standard InChI is InChI=1S/C13H15N3O3/c1-8-3-5-10(6-4-8)11(7-16(18)19)12-9(2)14-15-13(12)17/h3-6,11H,7H2,1-2H3,(H2,14,15,17). The molecule has 6 heteroatoms. The van der Waals surface area contributed by atoms with Gasteiger partial charge in [-0.15, -0.1) is 0 Å². The van der Waals surface area contributed by atoms with Crippen LogP contribution < -0.4 is 5.56 Å². The van der Waals surface area contributed by atoms with Gasteiger partial charge in [-0.3, -0.25) is 20.0 Å². The number of hydrogen-bond acceptors (Lipinski definition) is 3. The van der Waals surface area contributed by atoms with E-state index in [9.17, 15) is 14.9 Å². The lowest BCUT2D eigenvalue weighted by Gasteiger charge is -2.12. The fourth-order valence-electron chi connectivity index (χ4n) is 2.19. The molecule has 6 nitrogen and oxygen atoms in total. The summed E-state index contributed by atoms with van der Waals surface area (Å²) in [5, 5.41) is 16.0. The average molecular weight is 261 g/mol. The van der Waals surface area contributed by atoms with E-state index < -0.39 is 10.8 Å². The molecule has 2 rings (SSSR count). The molecule has 0 aliphatic carbocycles. The lowest BCUT2D eigenvalue weighted by atomic mass is 9.91. The van der Waals surface area contributed by atoms with E-state index in [1.54, 1.807) is 6.92 Å². The highest BCUT2D eigenvalue weighted by Gasteiger charge is 2.25. The first-order valence-electron chi connectivity index (χ1n) is 5.94. The Bertz CT molecular complexity index is 640. The Morgan fingerprint density at radius 3 is 2.32 bits per heavy atom. The molecule has 1 unspecified atom stereocenters. The summed E-state index contributed by atoms with van der Waals surface area (Å²) in [6.45, 7) is 3.37. The molecule has 100 valence electrons. The van der Waals surface area contributed by atoms with Gasteiger partial charge in [-0.2, -0.15) is 0 Å². The van der Waals surface area contributed by atoms with E-state index in [1.165, 1.54) is 0 Å². The molecule has 0 saturated heterocycles. The van der Waals surface area contributed by atoms with Gasteiger partial charge in [-0.1, -0.05) is 29.8 Å². The Hall–Kier alpha value is -2.37. The Kier molecular flexibility index (Phi) is 3.50. The summed E-state index contributed by atoms with van der Waals surface area (Å²) in [6, 6.07) is 7.43. The van der Waals surface area contributed by atoms with Crippen molar-refractivity contribution in [2.45, 2.75) is 19.8 Å². The second-order valence-corrected chi connectivity index (χ2v) is 4.60. The number of benzene rings is 1. The van der Waals surface area contributed by atoms with Gasteiger partial charge in [0.2, 0.25) is 6.54 Å². The molecular weight excluding hydrogens is 246 g/mol. The van der Waals surface area contributed by atoms with Gasteiger partial charge in [0.1, 0.15) is 0 Å². The number of aromatic amines is 2. The number of rotatable bonds is 4. The molecular formula is C13H15N3O3. The van der Waals surface area contributed by atoms with Crippen LogP contribution >= 0.6 is 0 Å². The molecule has 2 N–H and O–H groups in total. The number of aromatic nitrogens is 2. The molecule has 0 radical (unpaired) electrons. The maximum absolute atomic E-state index is 11.8. The van der Waals surface area contributed by atoms with Gasteiger partial charge in [0.05, 0.1) is 11.5 Å². The number of nitrogens with zero attached hydrogens (tertiary/aromatic N) is 1. The van der Waals surface area contributed by atoms with Crippen molar-refractivity contribution in [1.29, 1.82) is 0 Å². The highest BCUT2D eigenvalue weighted by molar-refractivity contribution is 5.34. The first-order valence-corrected chi connectivity index (χ1v) is 5.94. The molecule has 0 aliphatic rings. The third-order valence-electron chi connectivity index (χ3n) is 3.17. The topological polar surface area (TPSA) is 91.8 Å². The van der Waals surface area contributed by atoms with Crippen molar-refractivity contribution in [2.24, 2.45) is 0 Å². The lowest BCUT2D eigenvalue weighted by molar-refractivity contribution is -0.481. The third-order valence-corrected chi connectivity index (χ3v) is 3.17. The van der Waals surface area contributed by atoms with Gasteiger partial charge in [0, 0.05) is 10.6 Å². The Morgan fingerprint density at radius 1 is 1.21 bits per heavy atom. The van der Waals surface area contributed by atoms with Crippen molar-refractivity contribution >= 4 is 0 Å². The molecule has 0 bridgehead atoms. The van der Waals surface area contributed by atoms with Crippen LogP contribution in [0.4, 0.5) is 0 Å². The van der Waals surface area contributed by atoms with Gasteiger partial charge in [0.15, 0.2) is 0 Å². The van der Waals surface area contributed by atoms with Crippen molar-refractivity contribution in [3.63, 3.8) is 0 Å². The molecule has 0 saturated carbocycles. The molecule has 0 fully saturated rings. The summed E-state index contributed by atoms with van der Waals surface area (Å²) in [7, 11) is 0. The highest BCUT2D eigenvalue weighted by Crippen LogP contribution is 2.24. The number of H-pyrrole nitrogens is 2. The predicted octanol–water partition coefficient (Wildman–Crippen LogP) is 1.73. The molecule has 1 atom stereocenters. The van der Waals surface area contributed by atoms with Crippen LogP contribution in [0.2, 0.25) is 0 Å². The molecule has 1 aromatic carbocycles. The summed E-state index contributed by atoms with van der Waals surface area (Å²) in [5.74, 6) is -0.536. The van der Waals surface area contributed by atoms with Crippen molar-refractivity contribution in [3.05, 3.63) is 67.1 Å². The first-order chi connectivity index (χ1) is 8.99. The summed E-state index contributed by atoms with van der Waals surface area (Å²) in [5.41, 5.74) is 2.61. The fourth-order valence-corrected chi connectivity index (χ4v) is 2.19. The van der Waals surface area contributed by atoms with E-state index in [2.05, 4.69) is 10.2 Å². The molecule has 2 aromatic rings. The van der Waals surface area contributed by atoms with Crippen molar-refractivity contribution in [1.82, 2.24) is 10.2 Å². The van der Waals surface area contributed by atoms with E-state index in [1.807, 2.05) is 31.2 Å². The summed E-state index contributed by atoms with van der Waals surface area (Å²) < 4.78 is 0. The van der Waals surface area contributed by atoms with E-state index in [0.29, 0.717) is 11.3 Å². The SMILES string of the molecule is Cc1ccc(C(C[N+](=O)[O-])c2c(C)[nH][nH]c2=O)cc1. The van der Waals surface area contributed by atoms with Gasteiger partial charge < -0.3 is 5.10 Å². The zero-order chi connectivity index (χ0) is 14.0. The summed E-state index contributed by atoms with van der Waals surface area (Å²) in [4.78, 5) is 22.3. The van der Waals surface area contributed by atoms with E-state index >= 15 is 0 Å². The Labute approximate surface area is 109 Å². The smallest absolute Gasteiger partial charge is 0.268 e. The normalized spacial score (nSPS) is 12.3. The minimum atomic E-state index is -0.536. The maximum atomic E-state index is 11.8. The Balaban J connectivity index is 2.50. The highest BCUT2D eigenvalue weighted by atomic mass is 16.6. The molecule has 19 heavy (non-hydrogen) atoms. The van der Waals surface area contributed by atoms with Crippen LogP contribution in [0, 0.1) is 24.0 Å². The van der Waals surface area contributed by atoms with Crippen LogP contribution in [-0.2, 0) is 0 Å². The third kappa shape index (κ3) is 2.73. The zero-order valence-corrected chi connectivity index (χ0v) is 10.8. The van der Waals surface area contributed by atoms with Gasteiger partial charge >= 0.3 is 0 Å². The van der Waals surface area contributed by atoms with Crippen LogP contribution in [0.5, 0.6) is 0 Å². The van der Waals surface area contributed by atoms with Crippen LogP contribution in [0.15, 0.2) is 29.1 Å². The van der Waals surface area contributed by atoms with E-state index in [4.69, 9.17) is 0 Å². The molecule has 1 aromatic heterocycles. The van der Waals surface area contributed by atoms with Crippen LogP contribution in [0.25, 0.3) is 0 Å². The molecule has 0 amide bonds. The van der Waals surface area contributed by atoms with Crippen molar-refractivity contribution < 1.29 is 4.92 Å². The lowest BCUT2D eigenvalue weighted by Crippen LogP contribution is -2.20. The minimum absolute atomic E-state index is 0.301. The maximum Gasteiger partial charge on any atom is 0.268 e. The predicted molar refractivity (Wildman–Crippen MR) is 71.0 cm³/mol. The fraction of sp³-hybridized carbons (Fsp3) is 0.308. The van der Waals surface area contributed by atoms with Gasteiger partial charge in [0.25, 0.3) is 5.56 Å². The van der Waals surface area contributed by atoms with Crippen molar-refractivity contribution in [3.8, 4) is 0 Å².